The molecule has 0 saturated heterocycles. The Labute approximate surface area is 197 Å². The third-order valence-corrected chi connectivity index (χ3v) is 6.54. The van der Waals surface area contributed by atoms with Crippen molar-refractivity contribution in [3.8, 4) is 0 Å². The molecule has 3 rings (SSSR count). The summed E-state index contributed by atoms with van der Waals surface area (Å²) in [5, 5.41) is 3.75. The summed E-state index contributed by atoms with van der Waals surface area (Å²) in [6.07, 6.45) is 6.26. The van der Waals surface area contributed by atoms with Crippen LogP contribution >= 0.6 is 12.2 Å². The molecule has 1 fully saturated rings. The molecular formula is C26H33FN4S. The van der Waals surface area contributed by atoms with E-state index < -0.39 is 0 Å². The monoisotopic (exact) mass is 452 g/mol. The van der Waals surface area contributed by atoms with Crippen LogP contribution in [0.15, 0.2) is 36.4 Å². The van der Waals surface area contributed by atoms with Crippen LogP contribution in [0.5, 0.6) is 0 Å². The molecule has 1 aliphatic carbocycles. The zero-order valence-electron chi connectivity index (χ0n) is 19.5. The summed E-state index contributed by atoms with van der Waals surface area (Å²) in [7, 11) is 2.10. The number of benzene rings is 2. The van der Waals surface area contributed by atoms with Crippen molar-refractivity contribution in [2.45, 2.75) is 71.5 Å². The maximum atomic E-state index is 15.1. The van der Waals surface area contributed by atoms with Crippen LogP contribution in [0.2, 0.25) is 0 Å². The molecule has 1 N–H and O–H groups in total. The molecule has 0 spiro atoms. The van der Waals surface area contributed by atoms with Crippen LogP contribution < -0.4 is 10.2 Å². The first-order chi connectivity index (χ1) is 15.3. The predicted octanol–water partition coefficient (Wildman–Crippen LogP) is 7.06. The summed E-state index contributed by atoms with van der Waals surface area (Å²) in [4.78, 5) is 7.72. The van der Waals surface area contributed by atoms with E-state index in [1.807, 2.05) is 49.9 Å². The van der Waals surface area contributed by atoms with Gasteiger partial charge in [-0.25, -0.2) is 9.24 Å². The highest BCUT2D eigenvalue weighted by Crippen LogP contribution is 2.27. The number of hydrogen-bond acceptors (Lipinski definition) is 2. The molecule has 4 nitrogen and oxygen atoms in total. The maximum Gasteiger partial charge on any atom is 0.190 e. The molecule has 0 aromatic heterocycles. The number of halogens is 1. The standard InChI is InChI=1S/C26H33FN4S/c1-18(2)31(26(32)29-21-12-14-25(28-4)19(3)15-21)23-13-11-20(24(27)16-23)17-30(5)22-9-7-6-8-10-22/h11-16,18,22H,6-10,17H2,1-3,5H3,(H,29,32). The van der Waals surface area contributed by atoms with E-state index >= 15 is 4.39 Å². The Balaban J connectivity index is 1.74. The van der Waals surface area contributed by atoms with Crippen LogP contribution in [0.25, 0.3) is 4.85 Å². The van der Waals surface area contributed by atoms with Gasteiger partial charge < -0.3 is 10.2 Å². The van der Waals surface area contributed by atoms with Crippen molar-refractivity contribution < 1.29 is 4.39 Å². The van der Waals surface area contributed by atoms with Crippen molar-refractivity contribution >= 4 is 34.4 Å². The Kier molecular flexibility index (Phi) is 8.22. The van der Waals surface area contributed by atoms with Gasteiger partial charge in [0.05, 0.1) is 6.57 Å². The van der Waals surface area contributed by atoms with E-state index in [1.165, 1.54) is 32.1 Å². The highest BCUT2D eigenvalue weighted by Gasteiger charge is 2.21. The van der Waals surface area contributed by atoms with Crippen LogP contribution in [0.1, 0.15) is 57.1 Å². The molecular weight excluding hydrogens is 419 g/mol. The molecule has 2 aromatic carbocycles. The van der Waals surface area contributed by atoms with Crippen molar-refractivity contribution in [2.24, 2.45) is 0 Å². The predicted molar refractivity (Wildman–Crippen MR) is 136 cm³/mol. The van der Waals surface area contributed by atoms with Crippen molar-refractivity contribution in [2.75, 3.05) is 17.3 Å². The van der Waals surface area contributed by atoms with E-state index in [2.05, 4.69) is 22.1 Å². The first-order valence-corrected chi connectivity index (χ1v) is 11.8. The Hall–Kier alpha value is -2.49. The van der Waals surface area contributed by atoms with Gasteiger partial charge in [-0.1, -0.05) is 31.4 Å². The minimum Gasteiger partial charge on any atom is -0.332 e. The molecule has 6 heteroatoms. The Morgan fingerprint density at radius 3 is 2.50 bits per heavy atom. The first-order valence-electron chi connectivity index (χ1n) is 11.4. The fraction of sp³-hybridized carbons (Fsp3) is 0.462. The summed E-state index contributed by atoms with van der Waals surface area (Å²) in [6, 6.07) is 11.6. The molecule has 170 valence electrons. The van der Waals surface area contributed by atoms with E-state index in [-0.39, 0.29) is 11.9 Å². The summed E-state index contributed by atoms with van der Waals surface area (Å²) in [6.45, 7) is 13.8. The van der Waals surface area contributed by atoms with Gasteiger partial charge in [0.15, 0.2) is 10.8 Å². The number of nitrogens with one attached hydrogen (secondary N) is 1. The number of thiocarbonyl (C=S) groups is 1. The number of rotatable bonds is 6. The first kappa shape index (κ1) is 24.2. The molecule has 32 heavy (non-hydrogen) atoms. The van der Waals surface area contributed by atoms with Gasteiger partial charge in [0, 0.05) is 35.6 Å². The molecule has 1 aliphatic rings. The fourth-order valence-corrected chi connectivity index (χ4v) is 4.86. The van der Waals surface area contributed by atoms with E-state index in [4.69, 9.17) is 18.8 Å². The lowest BCUT2D eigenvalue weighted by molar-refractivity contribution is 0.182. The number of aryl methyl sites for hydroxylation is 1. The zero-order valence-corrected chi connectivity index (χ0v) is 20.3. The molecule has 0 amide bonds. The molecule has 0 radical (unpaired) electrons. The van der Waals surface area contributed by atoms with Gasteiger partial charge in [-0.05, 0) is 82.7 Å². The van der Waals surface area contributed by atoms with Crippen LogP contribution in [0.3, 0.4) is 0 Å². The van der Waals surface area contributed by atoms with Crippen LogP contribution in [-0.2, 0) is 6.54 Å². The van der Waals surface area contributed by atoms with Gasteiger partial charge in [-0.3, -0.25) is 4.90 Å². The normalized spacial score (nSPS) is 14.4. The summed E-state index contributed by atoms with van der Waals surface area (Å²) in [5.41, 5.74) is 3.78. The number of anilines is 2. The third kappa shape index (κ3) is 5.85. The minimum absolute atomic E-state index is 0.0498. The summed E-state index contributed by atoms with van der Waals surface area (Å²) in [5.74, 6) is -0.198. The highest BCUT2D eigenvalue weighted by molar-refractivity contribution is 7.80. The number of nitrogens with zero attached hydrogens (tertiary/aromatic N) is 3. The average Bonchev–Trinajstić information content (AvgIpc) is 2.76. The Morgan fingerprint density at radius 1 is 1.19 bits per heavy atom. The lowest BCUT2D eigenvalue weighted by atomic mass is 9.94. The van der Waals surface area contributed by atoms with Gasteiger partial charge in [-0.15, -0.1) is 0 Å². The van der Waals surface area contributed by atoms with Crippen molar-refractivity contribution in [3.05, 3.63) is 64.8 Å². The van der Waals surface area contributed by atoms with E-state index in [9.17, 15) is 0 Å². The molecule has 0 heterocycles. The van der Waals surface area contributed by atoms with E-state index in [1.54, 1.807) is 12.1 Å². The van der Waals surface area contributed by atoms with Crippen LogP contribution in [-0.4, -0.2) is 29.1 Å². The second-order valence-electron chi connectivity index (χ2n) is 8.99. The molecule has 0 bridgehead atoms. The van der Waals surface area contributed by atoms with E-state index in [0.717, 1.165) is 22.5 Å². The van der Waals surface area contributed by atoms with Gasteiger partial charge in [-0.2, -0.15) is 0 Å². The fourth-order valence-electron chi connectivity index (χ4n) is 4.43. The lowest BCUT2D eigenvalue weighted by Crippen LogP contribution is -2.40. The molecule has 1 saturated carbocycles. The SMILES string of the molecule is [C-]#[N+]c1ccc(NC(=S)N(c2ccc(CN(C)C3CCCCC3)c(F)c2)C(C)C)cc1C. The topological polar surface area (TPSA) is 22.9 Å². The van der Waals surface area contributed by atoms with Crippen molar-refractivity contribution in [1.82, 2.24) is 4.90 Å². The smallest absolute Gasteiger partial charge is 0.190 e. The van der Waals surface area contributed by atoms with Crippen LogP contribution in [0, 0.1) is 19.3 Å². The Morgan fingerprint density at radius 2 is 1.91 bits per heavy atom. The number of hydrogen-bond donors (Lipinski definition) is 1. The zero-order chi connectivity index (χ0) is 23.3. The minimum atomic E-state index is -0.198. The quantitative estimate of drug-likeness (QED) is 0.374. The second-order valence-corrected chi connectivity index (χ2v) is 9.38. The largest absolute Gasteiger partial charge is 0.332 e. The maximum absolute atomic E-state index is 15.1. The van der Waals surface area contributed by atoms with Gasteiger partial charge >= 0.3 is 0 Å². The second kappa shape index (κ2) is 10.9. The Bertz CT molecular complexity index is 992. The molecule has 0 atom stereocenters. The highest BCUT2D eigenvalue weighted by atomic mass is 32.1. The molecule has 0 unspecified atom stereocenters. The van der Waals surface area contributed by atoms with E-state index in [0.29, 0.717) is 23.4 Å². The summed E-state index contributed by atoms with van der Waals surface area (Å²) >= 11 is 5.68. The van der Waals surface area contributed by atoms with Gasteiger partial charge in [0.2, 0.25) is 0 Å². The van der Waals surface area contributed by atoms with Gasteiger partial charge in [0.25, 0.3) is 0 Å². The van der Waals surface area contributed by atoms with Crippen molar-refractivity contribution in [1.29, 1.82) is 0 Å². The summed E-state index contributed by atoms with van der Waals surface area (Å²) < 4.78 is 15.1. The molecule has 0 aliphatic heterocycles. The van der Waals surface area contributed by atoms with Gasteiger partial charge in [0.1, 0.15) is 5.82 Å². The molecule has 2 aromatic rings. The lowest BCUT2D eigenvalue weighted by Gasteiger charge is -2.32. The third-order valence-electron chi connectivity index (χ3n) is 6.24. The van der Waals surface area contributed by atoms with Crippen LogP contribution in [0.4, 0.5) is 21.5 Å². The van der Waals surface area contributed by atoms with Crippen molar-refractivity contribution in [3.63, 3.8) is 0 Å². The average molecular weight is 453 g/mol.